The summed E-state index contributed by atoms with van der Waals surface area (Å²) >= 11 is 0. The zero-order valence-electron chi connectivity index (χ0n) is 16.7. The molecule has 3 aromatic rings. The topological polar surface area (TPSA) is 77.7 Å². The second kappa shape index (κ2) is 7.88. The van der Waals surface area contributed by atoms with E-state index in [-0.39, 0.29) is 5.56 Å². The van der Waals surface area contributed by atoms with Gasteiger partial charge in [0.15, 0.2) is 0 Å². The summed E-state index contributed by atoms with van der Waals surface area (Å²) in [5, 5.41) is 7.31. The van der Waals surface area contributed by atoms with Crippen LogP contribution in [0.5, 0.6) is 0 Å². The fraction of sp³-hybridized carbons (Fsp3) is 0.381. The van der Waals surface area contributed by atoms with Gasteiger partial charge >= 0.3 is 0 Å². The van der Waals surface area contributed by atoms with Crippen LogP contribution in [0.3, 0.4) is 0 Å². The average Bonchev–Trinajstić information content (AvgIpc) is 2.95. The van der Waals surface area contributed by atoms with Crippen molar-refractivity contribution >= 4 is 0 Å². The van der Waals surface area contributed by atoms with Crippen LogP contribution in [0.1, 0.15) is 33.8 Å². The van der Waals surface area contributed by atoms with Gasteiger partial charge in [-0.05, 0) is 58.4 Å². The minimum atomic E-state index is -0.0779. The maximum absolute atomic E-state index is 12.0. The number of hydrogen-bond donors (Lipinski definition) is 2. The van der Waals surface area contributed by atoms with Crippen LogP contribution < -0.4 is 5.56 Å². The van der Waals surface area contributed by atoms with Gasteiger partial charge in [0.2, 0.25) is 0 Å². The molecule has 0 aliphatic carbocycles. The van der Waals surface area contributed by atoms with E-state index in [0.29, 0.717) is 11.4 Å². The first-order valence-electron chi connectivity index (χ1n) is 9.21. The molecule has 3 rings (SSSR count). The predicted molar refractivity (Wildman–Crippen MR) is 108 cm³/mol. The molecule has 0 aliphatic heterocycles. The van der Waals surface area contributed by atoms with Crippen molar-refractivity contribution < 1.29 is 0 Å². The van der Waals surface area contributed by atoms with E-state index in [2.05, 4.69) is 51.2 Å². The number of benzene rings is 1. The van der Waals surface area contributed by atoms with Crippen LogP contribution in [0.2, 0.25) is 0 Å². The van der Waals surface area contributed by atoms with Gasteiger partial charge in [-0.1, -0.05) is 18.2 Å². The molecule has 0 bridgehead atoms. The lowest BCUT2D eigenvalue weighted by Crippen LogP contribution is -2.21. The zero-order chi connectivity index (χ0) is 19.6. The van der Waals surface area contributed by atoms with Crippen molar-refractivity contribution in [2.24, 2.45) is 0 Å². The first kappa shape index (κ1) is 19.0. The van der Waals surface area contributed by atoms with Gasteiger partial charge in [0.1, 0.15) is 5.82 Å². The Labute approximate surface area is 159 Å². The van der Waals surface area contributed by atoms with Crippen molar-refractivity contribution in [3.05, 3.63) is 68.4 Å². The highest BCUT2D eigenvalue weighted by molar-refractivity contribution is 5.56. The number of likely N-dealkylation sites (N-methyl/N-ethyl adjacent to an activating group) is 1. The minimum Gasteiger partial charge on any atom is -0.306 e. The highest BCUT2D eigenvalue weighted by Crippen LogP contribution is 2.18. The molecular weight excluding hydrogens is 338 g/mol. The van der Waals surface area contributed by atoms with E-state index in [4.69, 9.17) is 0 Å². The Morgan fingerprint density at radius 3 is 2.56 bits per heavy atom. The third-order valence-electron chi connectivity index (χ3n) is 5.07. The normalized spacial score (nSPS) is 11.3. The second-order valence-electron chi connectivity index (χ2n) is 7.23. The fourth-order valence-electron chi connectivity index (χ4n) is 3.23. The SMILES string of the molecule is Cc1n[nH]c(C)c1CCN(C)Cc1cccc(-c2nc(C)c(C)c(=O)[nH]2)c1. The summed E-state index contributed by atoms with van der Waals surface area (Å²) in [5.74, 6) is 0.622. The van der Waals surface area contributed by atoms with Crippen molar-refractivity contribution in [2.45, 2.75) is 40.7 Å². The van der Waals surface area contributed by atoms with E-state index in [9.17, 15) is 4.79 Å². The van der Waals surface area contributed by atoms with E-state index in [1.807, 2.05) is 26.0 Å². The van der Waals surface area contributed by atoms with E-state index in [1.165, 1.54) is 11.1 Å². The summed E-state index contributed by atoms with van der Waals surface area (Å²) < 4.78 is 0. The molecule has 0 spiro atoms. The standard InChI is InChI=1S/C21H27N5O/c1-13-14(2)22-20(23-21(13)27)18-8-6-7-17(11-18)12-26(5)10-9-19-15(3)24-25-16(19)4/h6-8,11H,9-10,12H2,1-5H3,(H,24,25)(H,22,23,27). The summed E-state index contributed by atoms with van der Waals surface area (Å²) in [6.07, 6.45) is 0.969. The number of aromatic nitrogens is 4. The number of rotatable bonds is 6. The lowest BCUT2D eigenvalue weighted by molar-refractivity contribution is 0.331. The first-order valence-corrected chi connectivity index (χ1v) is 9.21. The van der Waals surface area contributed by atoms with Crippen LogP contribution in [0.4, 0.5) is 0 Å². The van der Waals surface area contributed by atoms with Gasteiger partial charge in [0, 0.05) is 35.6 Å². The lowest BCUT2D eigenvalue weighted by Gasteiger charge is -2.17. The van der Waals surface area contributed by atoms with Gasteiger partial charge in [0.05, 0.1) is 5.69 Å². The summed E-state index contributed by atoms with van der Waals surface area (Å²) in [4.78, 5) is 21.7. The van der Waals surface area contributed by atoms with Crippen LogP contribution in [-0.2, 0) is 13.0 Å². The number of H-pyrrole nitrogens is 2. The van der Waals surface area contributed by atoms with Crippen molar-refractivity contribution in [1.29, 1.82) is 0 Å². The molecule has 0 fully saturated rings. The van der Waals surface area contributed by atoms with Crippen LogP contribution in [0.25, 0.3) is 11.4 Å². The van der Waals surface area contributed by atoms with Crippen molar-refractivity contribution in [3.63, 3.8) is 0 Å². The highest BCUT2D eigenvalue weighted by Gasteiger charge is 2.10. The lowest BCUT2D eigenvalue weighted by atomic mass is 10.1. The van der Waals surface area contributed by atoms with Crippen molar-refractivity contribution in [3.8, 4) is 11.4 Å². The molecule has 2 heterocycles. The molecule has 0 saturated carbocycles. The first-order chi connectivity index (χ1) is 12.8. The van der Waals surface area contributed by atoms with Crippen LogP contribution in [0, 0.1) is 27.7 Å². The number of aromatic amines is 2. The van der Waals surface area contributed by atoms with Crippen molar-refractivity contribution in [2.75, 3.05) is 13.6 Å². The molecule has 0 aliphatic rings. The molecule has 0 radical (unpaired) electrons. The molecule has 6 nitrogen and oxygen atoms in total. The molecule has 2 N–H and O–H groups in total. The molecule has 142 valence electrons. The van der Waals surface area contributed by atoms with E-state index < -0.39 is 0 Å². The second-order valence-corrected chi connectivity index (χ2v) is 7.23. The van der Waals surface area contributed by atoms with Gasteiger partial charge < -0.3 is 9.88 Å². The Hall–Kier alpha value is -2.73. The number of aryl methyl sites for hydroxylation is 3. The summed E-state index contributed by atoms with van der Waals surface area (Å²) in [5.41, 5.74) is 7.00. The molecule has 1 aromatic carbocycles. The maximum Gasteiger partial charge on any atom is 0.254 e. The van der Waals surface area contributed by atoms with E-state index in [0.717, 1.165) is 42.2 Å². The number of nitrogens with zero attached hydrogens (tertiary/aromatic N) is 3. The highest BCUT2D eigenvalue weighted by atomic mass is 16.1. The van der Waals surface area contributed by atoms with Crippen LogP contribution in [-0.4, -0.2) is 38.7 Å². The molecular formula is C21H27N5O. The summed E-state index contributed by atoms with van der Waals surface area (Å²) in [6, 6.07) is 8.19. The van der Waals surface area contributed by atoms with E-state index in [1.54, 1.807) is 6.92 Å². The molecule has 0 saturated heterocycles. The molecule has 0 atom stereocenters. The minimum absolute atomic E-state index is 0.0779. The Kier molecular flexibility index (Phi) is 5.56. The Bertz CT molecular complexity index is 983. The average molecular weight is 365 g/mol. The predicted octanol–water partition coefficient (Wildman–Crippen LogP) is 3.07. The summed E-state index contributed by atoms with van der Waals surface area (Å²) in [6.45, 7) is 9.55. The fourth-order valence-corrected chi connectivity index (χ4v) is 3.23. The third-order valence-corrected chi connectivity index (χ3v) is 5.07. The van der Waals surface area contributed by atoms with Gasteiger partial charge in [-0.3, -0.25) is 9.89 Å². The van der Waals surface area contributed by atoms with Gasteiger partial charge in [-0.15, -0.1) is 0 Å². The zero-order valence-corrected chi connectivity index (χ0v) is 16.7. The van der Waals surface area contributed by atoms with Gasteiger partial charge in [-0.2, -0.15) is 5.10 Å². The Morgan fingerprint density at radius 1 is 1.11 bits per heavy atom. The van der Waals surface area contributed by atoms with Gasteiger partial charge in [-0.25, -0.2) is 4.98 Å². The molecule has 0 unspecified atom stereocenters. The van der Waals surface area contributed by atoms with Crippen LogP contribution in [0.15, 0.2) is 29.1 Å². The molecule has 6 heteroatoms. The summed E-state index contributed by atoms with van der Waals surface area (Å²) in [7, 11) is 2.12. The van der Waals surface area contributed by atoms with E-state index >= 15 is 0 Å². The Balaban J connectivity index is 1.71. The smallest absolute Gasteiger partial charge is 0.254 e. The number of hydrogen-bond acceptors (Lipinski definition) is 4. The Morgan fingerprint density at radius 2 is 1.89 bits per heavy atom. The largest absolute Gasteiger partial charge is 0.306 e. The molecule has 2 aromatic heterocycles. The maximum atomic E-state index is 12.0. The monoisotopic (exact) mass is 365 g/mol. The van der Waals surface area contributed by atoms with Crippen molar-refractivity contribution in [1.82, 2.24) is 25.1 Å². The van der Waals surface area contributed by atoms with Gasteiger partial charge in [0.25, 0.3) is 5.56 Å². The molecule has 0 amide bonds. The number of nitrogens with one attached hydrogen (secondary N) is 2. The van der Waals surface area contributed by atoms with Crippen LogP contribution >= 0.6 is 0 Å². The third kappa shape index (κ3) is 4.34. The molecule has 27 heavy (non-hydrogen) atoms. The quantitative estimate of drug-likeness (QED) is 0.704.